The van der Waals surface area contributed by atoms with Crippen molar-refractivity contribution in [1.82, 2.24) is 5.32 Å². The molecule has 5 heteroatoms. The van der Waals surface area contributed by atoms with Gasteiger partial charge in [-0.1, -0.05) is 98.9 Å². The molecule has 0 unspecified atom stereocenters. The predicted molar refractivity (Wildman–Crippen MR) is 160 cm³/mol. The van der Waals surface area contributed by atoms with Gasteiger partial charge in [0.1, 0.15) is 0 Å². The van der Waals surface area contributed by atoms with Gasteiger partial charge >= 0.3 is 75.0 Å². The zero-order valence-electron chi connectivity index (χ0n) is 24.3. The molecule has 33 heavy (non-hydrogen) atoms. The second-order valence-electron chi connectivity index (χ2n) is 13.4. The van der Waals surface area contributed by atoms with Gasteiger partial charge in [0.2, 0.25) is 0 Å². The van der Waals surface area contributed by atoms with Crippen LogP contribution in [0.5, 0.6) is 0 Å². The summed E-state index contributed by atoms with van der Waals surface area (Å²) in [4.78, 5) is 0. The first-order chi connectivity index (χ1) is 14.9. The third-order valence-corrected chi connectivity index (χ3v) is 17.3. The summed E-state index contributed by atoms with van der Waals surface area (Å²) in [5, 5.41) is 5.54. The van der Waals surface area contributed by atoms with Crippen molar-refractivity contribution in [3.05, 3.63) is 10.2 Å². The van der Waals surface area contributed by atoms with Gasteiger partial charge in [0.15, 0.2) is 0 Å². The van der Waals surface area contributed by atoms with E-state index in [0.29, 0.717) is 20.6 Å². The van der Waals surface area contributed by atoms with E-state index in [0.717, 1.165) is 0 Å². The summed E-state index contributed by atoms with van der Waals surface area (Å²) in [6.45, 7) is 31.4. The van der Waals surface area contributed by atoms with E-state index in [2.05, 4.69) is 94.5 Å². The molecule has 0 bridgehead atoms. The molecular weight excluding hydrogens is 640 g/mol. The summed E-state index contributed by atoms with van der Waals surface area (Å²) in [5.41, 5.74) is 0. The van der Waals surface area contributed by atoms with Crippen molar-refractivity contribution >= 4 is 25.4 Å². The fraction of sp³-hybridized carbons (Fsp3) is 0.929. The van der Waals surface area contributed by atoms with E-state index in [1.807, 2.05) is 0 Å². The third kappa shape index (κ3) is 16.1. The topological polar surface area (TPSA) is 12.0 Å². The van der Waals surface area contributed by atoms with Gasteiger partial charge in [0, 0.05) is 0 Å². The minimum absolute atomic E-state index is 0.0229. The van der Waals surface area contributed by atoms with E-state index in [-0.39, 0.29) is 15.8 Å². The summed E-state index contributed by atoms with van der Waals surface area (Å²) in [6.07, 6.45) is 13.3. The predicted octanol–water partition coefficient (Wildman–Crippen LogP) is 9.66. The average Bonchev–Trinajstić information content (AvgIpc) is 2.56. The number of nitrogens with one attached hydrogen (secondary N) is 1. The molecule has 1 nitrogen and oxygen atoms in total. The molecule has 0 atom stereocenters. The molecule has 1 rings (SSSR count). The van der Waals surface area contributed by atoms with Crippen LogP contribution < -0.4 is 5.32 Å². The van der Waals surface area contributed by atoms with Crippen LogP contribution in [0.25, 0.3) is 0 Å². The Hall–Kier alpha value is 1.50. The van der Waals surface area contributed by atoms with Gasteiger partial charge < -0.3 is 5.32 Å². The molecule has 1 aliphatic carbocycles. The zero-order chi connectivity index (χ0) is 25.9. The van der Waals surface area contributed by atoms with Crippen LogP contribution in [0.3, 0.4) is 0 Å². The van der Waals surface area contributed by atoms with E-state index in [4.69, 9.17) is 9.58 Å². The van der Waals surface area contributed by atoms with Gasteiger partial charge in [-0.15, -0.1) is 0 Å². The molecule has 0 aromatic carbocycles. The van der Waals surface area contributed by atoms with Crippen molar-refractivity contribution in [1.29, 1.82) is 0 Å². The SMILES string of the molecule is CC(C)(C)P(CCNCCP(C(C)(C)C)C(C)(C)C)C(C)(C)C.[Cl][IrH2][C]1=CCCCCCC1. The molecule has 0 heterocycles. The average molecular weight is 700 g/mol. The quantitative estimate of drug-likeness (QED) is 0.206. The van der Waals surface area contributed by atoms with E-state index < -0.39 is 16.7 Å². The first-order valence-corrected chi connectivity index (χ1v) is 20.9. The maximum absolute atomic E-state index is 5.89. The Morgan fingerprint density at radius 2 is 1.09 bits per heavy atom. The summed E-state index contributed by atoms with van der Waals surface area (Å²) < 4.78 is 1.61. The van der Waals surface area contributed by atoms with Crippen molar-refractivity contribution in [2.24, 2.45) is 0 Å². The van der Waals surface area contributed by atoms with Crippen molar-refractivity contribution in [3.8, 4) is 0 Å². The fourth-order valence-corrected chi connectivity index (χ4v) is 15.0. The Balaban J connectivity index is 0.000000843. The van der Waals surface area contributed by atoms with Gasteiger partial charge in [-0.2, -0.15) is 0 Å². The van der Waals surface area contributed by atoms with Crippen molar-refractivity contribution in [3.63, 3.8) is 0 Å². The molecule has 0 fully saturated rings. The van der Waals surface area contributed by atoms with Gasteiger partial charge in [-0.05, 0) is 46.0 Å². The Morgan fingerprint density at radius 3 is 1.45 bits per heavy atom. The summed E-state index contributed by atoms with van der Waals surface area (Å²) in [5.74, 6) is 0. The third-order valence-electron chi connectivity index (χ3n) is 6.09. The summed E-state index contributed by atoms with van der Waals surface area (Å²) in [7, 11) is 5.94. The van der Waals surface area contributed by atoms with Crippen LogP contribution in [0.1, 0.15) is 122 Å². The summed E-state index contributed by atoms with van der Waals surface area (Å²) in [6, 6.07) is 0. The monoisotopic (exact) mass is 700 g/mol. The van der Waals surface area contributed by atoms with Crippen LogP contribution >= 0.6 is 25.4 Å². The molecule has 0 spiro atoms. The molecule has 0 amide bonds. The van der Waals surface area contributed by atoms with Crippen molar-refractivity contribution in [2.75, 3.05) is 25.4 Å². The van der Waals surface area contributed by atoms with Crippen LogP contribution in [0, 0.1) is 0 Å². The standard InChI is InChI=1S/C20H45NP2.C8H13.ClH.Ir.2H/c1-17(2,3)22(18(4,5)6)15-13-21-14-16-23(19(7,8)9)20(10,11)12;1-2-4-6-8-7-5-3-1;;;;/h21H,13-16H2,1-12H3;1H,2,4-8H2;1H;;;/q;;;+1;;/p-1. The van der Waals surface area contributed by atoms with Gasteiger partial charge in [0.05, 0.1) is 0 Å². The first kappa shape index (κ1) is 34.5. The van der Waals surface area contributed by atoms with Crippen LogP contribution in [0.2, 0.25) is 0 Å². The molecule has 0 saturated heterocycles. The van der Waals surface area contributed by atoms with E-state index in [1.54, 1.807) is 4.09 Å². The van der Waals surface area contributed by atoms with E-state index in [1.165, 1.54) is 63.9 Å². The van der Waals surface area contributed by atoms with Gasteiger partial charge in [-0.3, -0.25) is 0 Å². The molecule has 1 N–H and O–H groups in total. The van der Waals surface area contributed by atoms with Gasteiger partial charge in [-0.25, -0.2) is 0 Å². The van der Waals surface area contributed by atoms with Crippen LogP contribution in [-0.4, -0.2) is 46.0 Å². The normalized spacial score (nSPS) is 17.4. The number of rotatable bonds is 7. The van der Waals surface area contributed by atoms with Gasteiger partial charge in [0.25, 0.3) is 0 Å². The second-order valence-corrected chi connectivity index (χ2v) is 24.8. The van der Waals surface area contributed by atoms with Crippen LogP contribution in [0.4, 0.5) is 0 Å². The van der Waals surface area contributed by atoms with E-state index in [9.17, 15) is 0 Å². The maximum atomic E-state index is 5.89. The molecule has 1 aliphatic rings. The molecule has 203 valence electrons. The van der Waals surface area contributed by atoms with Crippen molar-refractivity contribution < 1.29 is 16.7 Å². The molecule has 0 radical (unpaired) electrons. The van der Waals surface area contributed by atoms with E-state index >= 15 is 0 Å². The molecule has 0 saturated carbocycles. The van der Waals surface area contributed by atoms with Crippen LogP contribution in [0.15, 0.2) is 10.2 Å². The zero-order valence-corrected chi connectivity index (χ0v) is 29.6. The van der Waals surface area contributed by atoms with Crippen molar-refractivity contribution in [2.45, 2.75) is 142 Å². The van der Waals surface area contributed by atoms with Crippen LogP contribution in [-0.2, 0) is 16.7 Å². The Morgan fingerprint density at radius 1 is 0.697 bits per heavy atom. The number of allylic oxidation sites excluding steroid dienone is 2. The second kappa shape index (κ2) is 15.7. The molecule has 0 aromatic rings. The molecule has 0 aromatic heterocycles. The number of hydrogen-bond donors (Lipinski definition) is 1. The first-order valence-electron chi connectivity index (χ1n) is 13.1. The number of hydrogen-bond acceptors (Lipinski definition) is 1. The Bertz CT molecular complexity index is 488. The Kier molecular flexibility index (Phi) is 16.4. The fourth-order valence-electron chi connectivity index (χ4n) is 5.08. The molecular formula is C28H60ClIrNP2. The summed E-state index contributed by atoms with van der Waals surface area (Å²) >= 11 is -0.445. The number of halogens is 1. The minimum atomic E-state index is -0.445. The Labute approximate surface area is 224 Å². The molecule has 0 aliphatic heterocycles.